The summed E-state index contributed by atoms with van der Waals surface area (Å²) in [6.45, 7) is 2.96. The van der Waals surface area contributed by atoms with E-state index in [1.165, 1.54) is 0 Å². The number of fused-ring (bicyclic) bond motifs is 1. The van der Waals surface area contributed by atoms with Gasteiger partial charge in [-0.15, -0.1) is 0 Å². The lowest BCUT2D eigenvalue weighted by Crippen LogP contribution is -2.04. The maximum atomic E-state index is 5.80. The molecule has 4 N–H and O–H groups in total. The van der Waals surface area contributed by atoms with E-state index >= 15 is 0 Å². The van der Waals surface area contributed by atoms with Gasteiger partial charge >= 0.3 is 0 Å². The highest BCUT2D eigenvalue weighted by molar-refractivity contribution is 5.61. The fourth-order valence-corrected chi connectivity index (χ4v) is 1.42. The summed E-state index contributed by atoms with van der Waals surface area (Å²) in [7, 11) is 0. The summed E-state index contributed by atoms with van der Waals surface area (Å²) in [4.78, 5) is 4.12. The van der Waals surface area contributed by atoms with Crippen LogP contribution in [0.5, 0.6) is 0 Å². The van der Waals surface area contributed by atoms with E-state index in [-0.39, 0.29) is 0 Å². The number of pyridine rings is 1. The average Bonchev–Trinajstić information content (AvgIpc) is 2.48. The van der Waals surface area contributed by atoms with Gasteiger partial charge in [0.1, 0.15) is 5.82 Å². The van der Waals surface area contributed by atoms with Crippen LogP contribution < -0.4 is 11.5 Å². The molecule has 0 bridgehead atoms. The Hall–Kier alpha value is -1.29. The predicted octanol–water partition coefficient (Wildman–Crippen LogP) is 0.585. The van der Waals surface area contributed by atoms with Crippen molar-refractivity contribution in [2.75, 3.05) is 11.5 Å². The largest absolute Gasteiger partial charge is 0.397 e. The molecule has 0 saturated carbocycles. The van der Waals surface area contributed by atoms with Crippen LogP contribution in [0.15, 0.2) is 0 Å². The molecule has 0 aliphatic carbocycles. The van der Waals surface area contributed by atoms with Gasteiger partial charge in [-0.2, -0.15) is 0 Å². The van der Waals surface area contributed by atoms with Crippen molar-refractivity contribution in [1.82, 2.24) is 4.98 Å². The molecule has 0 fully saturated rings. The van der Waals surface area contributed by atoms with E-state index in [1.807, 2.05) is 6.92 Å². The first-order chi connectivity index (χ1) is 5.70. The zero-order valence-electron chi connectivity index (χ0n) is 6.92. The SMILES string of the molecule is Cc1nc(N)c2c(c1N)COC2. The third-order valence-electron chi connectivity index (χ3n) is 2.17. The number of aryl methyl sites for hydroxylation is 1. The van der Waals surface area contributed by atoms with Gasteiger partial charge in [-0.05, 0) is 6.92 Å². The lowest BCUT2D eigenvalue weighted by atomic mass is 10.1. The van der Waals surface area contributed by atoms with Gasteiger partial charge in [-0.1, -0.05) is 0 Å². The molecule has 0 amide bonds. The highest BCUT2D eigenvalue weighted by atomic mass is 16.5. The van der Waals surface area contributed by atoms with Gasteiger partial charge in [0.25, 0.3) is 0 Å². The molecule has 0 spiro atoms. The van der Waals surface area contributed by atoms with Gasteiger partial charge in [0, 0.05) is 11.1 Å². The molecule has 64 valence electrons. The second kappa shape index (κ2) is 2.35. The molecule has 12 heavy (non-hydrogen) atoms. The maximum Gasteiger partial charge on any atom is 0.129 e. The molecule has 4 nitrogen and oxygen atoms in total. The van der Waals surface area contributed by atoms with E-state index in [2.05, 4.69) is 4.98 Å². The van der Waals surface area contributed by atoms with Crippen molar-refractivity contribution >= 4 is 11.5 Å². The van der Waals surface area contributed by atoms with E-state index in [1.54, 1.807) is 0 Å². The number of hydrogen-bond donors (Lipinski definition) is 2. The monoisotopic (exact) mass is 165 g/mol. The van der Waals surface area contributed by atoms with Crippen LogP contribution in [0, 0.1) is 6.92 Å². The molecule has 1 aliphatic heterocycles. The number of nitrogens with zero attached hydrogens (tertiary/aromatic N) is 1. The fraction of sp³-hybridized carbons (Fsp3) is 0.375. The molecule has 1 aromatic heterocycles. The standard InChI is InChI=1S/C8H11N3O/c1-4-7(9)5-2-12-3-6(5)8(10)11-4/h2-3,9H2,1H3,(H2,10,11). The minimum atomic E-state index is 0.540. The molecular weight excluding hydrogens is 154 g/mol. The second-order valence-electron chi connectivity index (χ2n) is 2.95. The molecule has 0 unspecified atom stereocenters. The summed E-state index contributed by atoms with van der Waals surface area (Å²) in [6, 6.07) is 0. The Morgan fingerprint density at radius 2 is 1.92 bits per heavy atom. The summed E-state index contributed by atoms with van der Waals surface area (Å²) in [5, 5.41) is 0. The highest BCUT2D eigenvalue weighted by Crippen LogP contribution is 2.30. The molecule has 2 heterocycles. The molecule has 1 aromatic rings. The molecule has 2 rings (SSSR count). The Bertz CT molecular complexity index is 336. The van der Waals surface area contributed by atoms with Crippen LogP contribution in [0.25, 0.3) is 0 Å². The van der Waals surface area contributed by atoms with Crippen LogP contribution in [0.1, 0.15) is 16.8 Å². The van der Waals surface area contributed by atoms with Crippen molar-refractivity contribution < 1.29 is 4.74 Å². The Balaban J connectivity index is 2.69. The molecule has 0 radical (unpaired) electrons. The van der Waals surface area contributed by atoms with Crippen LogP contribution in [0.4, 0.5) is 11.5 Å². The number of nitrogens with two attached hydrogens (primary N) is 2. The quantitative estimate of drug-likeness (QED) is 0.589. The summed E-state index contributed by atoms with van der Waals surface area (Å²) in [5.74, 6) is 0.550. The second-order valence-corrected chi connectivity index (χ2v) is 2.95. The van der Waals surface area contributed by atoms with Gasteiger partial charge in [-0.3, -0.25) is 0 Å². The summed E-state index contributed by atoms with van der Waals surface area (Å²) >= 11 is 0. The summed E-state index contributed by atoms with van der Waals surface area (Å²) in [5.41, 5.74) is 15.0. The van der Waals surface area contributed by atoms with Crippen LogP contribution >= 0.6 is 0 Å². The first-order valence-corrected chi connectivity index (χ1v) is 3.81. The average molecular weight is 165 g/mol. The fourth-order valence-electron chi connectivity index (χ4n) is 1.42. The number of ether oxygens (including phenoxy) is 1. The van der Waals surface area contributed by atoms with Crippen molar-refractivity contribution in [1.29, 1.82) is 0 Å². The topological polar surface area (TPSA) is 74.2 Å². The molecular formula is C8H11N3O. The molecule has 0 atom stereocenters. The first-order valence-electron chi connectivity index (χ1n) is 3.81. The van der Waals surface area contributed by atoms with E-state index in [4.69, 9.17) is 16.2 Å². The van der Waals surface area contributed by atoms with Crippen LogP contribution in [-0.4, -0.2) is 4.98 Å². The number of hydrogen-bond acceptors (Lipinski definition) is 4. The zero-order valence-corrected chi connectivity index (χ0v) is 6.92. The number of anilines is 2. The number of rotatable bonds is 0. The van der Waals surface area contributed by atoms with Crippen molar-refractivity contribution in [3.63, 3.8) is 0 Å². The van der Waals surface area contributed by atoms with Crippen LogP contribution in [0.2, 0.25) is 0 Å². The third kappa shape index (κ3) is 0.848. The normalized spacial score (nSPS) is 14.8. The lowest BCUT2D eigenvalue weighted by Gasteiger charge is -2.06. The zero-order chi connectivity index (χ0) is 8.72. The predicted molar refractivity (Wildman–Crippen MR) is 46.3 cm³/mol. The highest BCUT2D eigenvalue weighted by Gasteiger charge is 2.19. The molecule has 0 saturated heterocycles. The summed E-state index contributed by atoms with van der Waals surface area (Å²) in [6.07, 6.45) is 0. The number of aromatic nitrogens is 1. The van der Waals surface area contributed by atoms with Gasteiger partial charge in [0.05, 0.1) is 24.6 Å². The van der Waals surface area contributed by atoms with Gasteiger partial charge in [-0.25, -0.2) is 4.98 Å². The molecule has 4 heteroatoms. The smallest absolute Gasteiger partial charge is 0.129 e. The van der Waals surface area contributed by atoms with Crippen molar-refractivity contribution in [3.8, 4) is 0 Å². The first kappa shape index (κ1) is 7.36. The number of nitrogen functional groups attached to an aromatic ring is 2. The Kier molecular flexibility index (Phi) is 1.44. The van der Waals surface area contributed by atoms with Crippen LogP contribution in [-0.2, 0) is 18.0 Å². The van der Waals surface area contributed by atoms with Gasteiger partial charge < -0.3 is 16.2 Å². The Labute approximate surface area is 70.5 Å². The minimum Gasteiger partial charge on any atom is -0.397 e. The Morgan fingerprint density at radius 3 is 2.67 bits per heavy atom. The third-order valence-corrected chi connectivity index (χ3v) is 2.17. The van der Waals surface area contributed by atoms with Crippen molar-refractivity contribution in [2.24, 2.45) is 0 Å². The maximum absolute atomic E-state index is 5.80. The van der Waals surface area contributed by atoms with E-state index in [0.29, 0.717) is 19.0 Å². The van der Waals surface area contributed by atoms with Crippen LogP contribution in [0.3, 0.4) is 0 Å². The lowest BCUT2D eigenvalue weighted by molar-refractivity contribution is 0.135. The van der Waals surface area contributed by atoms with E-state index in [0.717, 1.165) is 22.5 Å². The van der Waals surface area contributed by atoms with E-state index < -0.39 is 0 Å². The Morgan fingerprint density at radius 1 is 1.25 bits per heavy atom. The minimum absolute atomic E-state index is 0.540. The van der Waals surface area contributed by atoms with Gasteiger partial charge in [0.2, 0.25) is 0 Å². The summed E-state index contributed by atoms with van der Waals surface area (Å²) < 4.78 is 5.23. The molecule has 0 aromatic carbocycles. The van der Waals surface area contributed by atoms with E-state index in [9.17, 15) is 0 Å². The van der Waals surface area contributed by atoms with Crippen molar-refractivity contribution in [2.45, 2.75) is 20.1 Å². The molecule has 1 aliphatic rings. The van der Waals surface area contributed by atoms with Crippen molar-refractivity contribution in [3.05, 3.63) is 16.8 Å². The van der Waals surface area contributed by atoms with Gasteiger partial charge in [0.15, 0.2) is 0 Å².